The van der Waals surface area contributed by atoms with Gasteiger partial charge in [-0.15, -0.1) is 0 Å². The summed E-state index contributed by atoms with van der Waals surface area (Å²) in [5, 5.41) is 2.99. The van der Waals surface area contributed by atoms with Gasteiger partial charge in [-0.3, -0.25) is 15.5 Å². The molecule has 1 amide bonds. The van der Waals surface area contributed by atoms with Crippen molar-refractivity contribution in [3.8, 4) is 0 Å². The van der Waals surface area contributed by atoms with E-state index in [1.54, 1.807) is 24.1 Å². The van der Waals surface area contributed by atoms with Crippen LogP contribution in [0, 0.1) is 0 Å². The van der Waals surface area contributed by atoms with Crippen LogP contribution in [-0.2, 0) is 16.1 Å². The minimum Gasteiger partial charge on any atom is -0.489 e. The number of allylic oxidation sites excluding steroid dienone is 2. The van der Waals surface area contributed by atoms with Crippen molar-refractivity contribution in [2.24, 2.45) is 10.7 Å². The lowest BCUT2D eigenvalue weighted by Crippen LogP contribution is -2.36. The van der Waals surface area contributed by atoms with E-state index in [0.717, 1.165) is 16.7 Å². The molecule has 0 aliphatic carbocycles. The van der Waals surface area contributed by atoms with Crippen LogP contribution in [0.2, 0.25) is 0 Å². The Morgan fingerprint density at radius 2 is 2.10 bits per heavy atom. The first-order valence-corrected chi connectivity index (χ1v) is 9.60. The van der Waals surface area contributed by atoms with Gasteiger partial charge in [0.05, 0.1) is 12.2 Å². The van der Waals surface area contributed by atoms with Gasteiger partial charge in [0, 0.05) is 26.0 Å². The maximum Gasteiger partial charge on any atom is 0.260 e. The van der Waals surface area contributed by atoms with E-state index in [1.165, 1.54) is 6.92 Å². The number of benzene rings is 1. The first kappa shape index (κ1) is 23.1. The zero-order valence-electron chi connectivity index (χ0n) is 17.7. The summed E-state index contributed by atoms with van der Waals surface area (Å²) in [5.74, 6) is -2.21. The number of alkyl halides is 1. The fourth-order valence-electron chi connectivity index (χ4n) is 3.02. The first-order chi connectivity index (χ1) is 14.2. The van der Waals surface area contributed by atoms with Crippen molar-refractivity contribution < 1.29 is 13.9 Å². The Morgan fingerprint density at radius 3 is 2.63 bits per heavy atom. The van der Waals surface area contributed by atoms with Crippen LogP contribution in [0.1, 0.15) is 25.0 Å². The second kappa shape index (κ2) is 10.0. The fourth-order valence-corrected chi connectivity index (χ4v) is 3.02. The van der Waals surface area contributed by atoms with E-state index < -0.39 is 12.4 Å². The molecule has 1 unspecified atom stereocenters. The molecule has 1 aromatic rings. The van der Waals surface area contributed by atoms with E-state index in [0.29, 0.717) is 18.8 Å². The number of nitrogens with zero attached hydrogens (tertiary/aromatic N) is 2. The molecule has 0 saturated carbocycles. The highest BCUT2D eigenvalue weighted by Gasteiger charge is 2.33. The van der Waals surface area contributed by atoms with Crippen molar-refractivity contribution in [1.29, 1.82) is 0 Å². The van der Waals surface area contributed by atoms with Gasteiger partial charge in [-0.2, -0.15) is 0 Å². The van der Waals surface area contributed by atoms with Crippen molar-refractivity contribution in [1.82, 2.24) is 10.2 Å². The Hall–Kier alpha value is -3.19. The van der Waals surface area contributed by atoms with Gasteiger partial charge < -0.3 is 15.0 Å². The summed E-state index contributed by atoms with van der Waals surface area (Å²) in [6.07, 6.45) is 5.24. The van der Waals surface area contributed by atoms with Crippen molar-refractivity contribution >= 4 is 17.7 Å². The Labute approximate surface area is 177 Å². The molecule has 0 fully saturated rings. The third-order valence-corrected chi connectivity index (χ3v) is 4.40. The predicted octanol–water partition coefficient (Wildman–Crippen LogP) is 3.29. The number of hydrogen-bond donors (Lipinski definition) is 2. The molecule has 0 radical (unpaired) electrons. The maximum atomic E-state index is 13.6. The molecule has 1 atom stereocenters. The SMILES string of the molecule is C=C/C(=C\NC)c1ccc(CN2CC(/N=C\C)=C(C(=C)OCC(C)(N)F)C2=O)cc1. The molecule has 0 saturated heterocycles. The highest BCUT2D eigenvalue weighted by molar-refractivity contribution is 6.00. The van der Waals surface area contributed by atoms with Crippen molar-refractivity contribution in [3.63, 3.8) is 0 Å². The number of halogens is 1. The van der Waals surface area contributed by atoms with Gasteiger partial charge in [0.1, 0.15) is 17.9 Å². The van der Waals surface area contributed by atoms with Gasteiger partial charge in [-0.1, -0.05) is 43.5 Å². The summed E-state index contributed by atoms with van der Waals surface area (Å²) < 4.78 is 18.9. The van der Waals surface area contributed by atoms with E-state index in [9.17, 15) is 9.18 Å². The van der Waals surface area contributed by atoms with Crippen LogP contribution in [0.25, 0.3) is 5.57 Å². The third-order valence-electron chi connectivity index (χ3n) is 4.40. The lowest BCUT2D eigenvalue weighted by atomic mass is 10.0. The molecule has 1 aliphatic heterocycles. The lowest BCUT2D eigenvalue weighted by molar-refractivity contribution is -0.126. The standard InChI is InChI=1S/C23H29FN4O2/c1-6-18(12-26-5)19-10-8-17(9-11-19)13-28-14-20(27-7-2)21(22(28)29)16(3)30-15-23(4,24)25/h6-12,26H,1,3,13-15,25H2,2,4-5H3/b18-12+,27-7-. The van der Waals surface area contributed by atoms with Crippen LogP contribution in [0.4, 0.5) is 4.39 Å². The molecule has 0 spiro atoms. The number of rotatable bonds is 10. The summed E-state index contributed by atoms with van der Waals surface area (Å²) in [6, 6.07) is 7.88. The first-order valence-electron chi connectivity index (χ1n) is 9.60. The Balaban J connectivity index is 2.15. The topological polar surface area (TPSA) is 79.9 Å². The number of aliphatic imine (C=N–C) groups is 1. The Kier molecular flexibility index (Phi) is 7.72. The van der Waals surface area contributed by atoms with Gasteiger partial charge in [-0.05, 0) is 30.5 Å². The smallest absolute Gasteiger partial charge is 0.260 e. The molecule has 6 nitrogen and oxygen atoms in total. The summed E-state index contributed by atoms with van der Waals surface area (Å²) in [6.45, 7) is 10.9. The normalized spacial score (nSPS) is 16.8. The number of amides is 1. The molecule has 1 heterocycles. The number of nitrogens with one attached hydrogen (secondary N) is 1. The van der Waals surface area contributed by atoms with Gasteiger partial charge in [0.15, 0.2) is 5.79 Å². The van der Waals surface area contributed by atoms with E-state index in [4.69, 9.17) is 10.5 Å². The zero-order chi connectivity index (χ0) is 22.3. The quantitative estimate of drug-likeness (QED) is 0.267. The molecule has 30 heavy (non-hydrogen) atoms. The maximum absolute atomic E-state index is 13.6. The molecule has 7 heteroatoms. The largest absolute Gasteiger partial charge is 0.489 e. The summed E-state index contributed by atoms with van der Waals surface area (Å²) in [4.78, 5) is 18.9. The number of nitrogens with two attached hydrogens (primary N) is 1. The van der Waals surface area contributed by atoms with E-state index in [2.05, 4.69) is 23.5 Å². The molecule has 1 aromatic carbocycles. The predicted molar refractivity (Wildman–Crippen MR) is 119 cm³/mol. The number of carbonyl (C=O) groups is 1. The molecule has 0 aromatic heterocycles. The van der Waals surface area contributed by atoms with Crippen molar-refractivity contribution in [2.75, 3.05) is 20.2 Å². The highest BCUT2D eigenvalue weighted by atomic mass is 19.1. The van der Waals surface area contributed by atoms with E-state index in [1.807, 2.05) is 37.5 Å². The second-order valence-corrected chi connectivity index (χ2v) is 7.15. The van der Waals surface area contributed by atoms with Crippen LogP contribution in [-0.4, -0.2) is 43.0 Å². The monoisotopic (exact) mass is 412 g/mol. The van der Waals surface area contributed by atoms with Crippen LogP contribution in [0.5, 0.6) is 0 Å². The van der Waals surface area contributed by atoms with Gasteiger partial charge in [0.25, 0.3) is 5.91 Å². The number of ether oxygens (including phenoxy) is 1. The van der Waals surface area contributed by atoms with Gasteiger partial charge in [-0.25, -0.2) is 4.39 Å². The molecule has 3 N–H and O–H groups in total. The van der Waals surface area contributed by atoms with Crippen LogP contribution >= 0.6 is 0 Å². The minimum atomic E-state index is -2.02. The minimum absolute atomic E-state index is 0.0700. The Morgan fingerprint density at radius 1 is 1.43 bits per heavy atom. The molecular formula is C23H29FN4O2. The van der Waals surface area contributed by atoms with Gasteiger partial charge >= 0.3 is 0 Å². The summed E-state index contributed by atoms with van der Waals surface area (Å²) >= 11 is 0. The lowest BCUT2D eigenvalue weighted by Gasteiger charge is -2.19. The van der Waals surface area contributed by atoms with Crippen molar-refractivity contribution in [2.45, 2.75) is 26.2 Å². The number of carbonyl (C=O) groups excluding carboxylic acids is 1. The highest BCUT2D eigenvalue weighted by Crippen LogP contribution is 2.28. The fraction of sp³-hybridized carbons (Fsp3) is 0.304. The average Bonchev–Trinajstić information content (AvgIpc) is 3.00. The second-order valence-electron chi connectivity index (χ2n) is 7.15. The summed E-state index contributed by atoms with van der Waals surface area (Å²) in [7, 11) is 1.83. The van der Waals surface area contributed by atoms with Crippen LogP contribution in [0.3, 0.4) is 0 Å². The molecular weight excluding hydrogens is 383 g/mol. The molecule has 160 valence electrons. The van der Waals surface area contributed by atoms with Crippen molar-refractivity contribution in [3.05, 3.63) is 77.9 Å². The van der Waals surface area contributed by atoms with E-state index in [-0.39, 0.29) is 17.2 Å². The van der Waals surface area contributed by atoms with Crippen LogP contribution < -0.4 is 11.1 Å². The average molecular weight is 413 g/mol. The molecule has 2 rings (SSSR count). The Bertz CT molecular complexity index is 893. The third kappa shape index (κ3) is 5.90. The molecule has 0 bridgehead atoms. The molecule has 1 aliphatic rings. The summed E-state index contributed by atoms with van der Waals surface area (Å²) in [5.41, 5.74) is 9.05. The zero-order valence-corrected chi connectivity index (χ0v) is 17.7. The van der Waals surface area contributed by atoms with Gasteiger partial charge in [0.2, 0.25) is 0 Å². The number of hydrogen-bond acceptors (Lipinski definition) is 5. The van der Waals surface area contributed by atoms with Crippen LogP contribution in [0.15, 0.2) is 71.7 Å². The van der Waals surface area contributed by atoms with E-state index >= 15 is 0 Å².